The lowest BCUT2D eigenvalue weighted by Crippen LogP contribution is -2.07. The van der Waals surface area contributed by atoms with Crippen molar-refractivity contribution in [2.45, 2.75) is 39.5 Å². The predicted octanol–water partition coefficient (Wildman–Crippen LogP) is 3.02. The smallest absolute Gasteiger partial charge is 0.162 e. The van der Waals surface area contributed by atoms with Crippen LogP contribution in [0, 0.1) is 0 Å². The standard InChI is InChI=1S/C16H20N4/c1-3-11-10-17-9-8-12(11)16-19-14-7-5-6-13(14)15(20-16)18-4-2/h8-10H,3-7H2,1-2H3,(H,18,19,20). The summed E-state index contributed by atoms with van der Waals surface area (Å²) >= 11 is 0. The number of anilines is 1. The van der Waals surface area contributed by atoms with Gasteiger partial charge in [-0.25, -0.2) is 9.97 Å². The van der Waals surface area contributed by atoms with Crippen molar-refractivity contribution in [1.82, 2.24) is 15.0 Å². The quantitative estimate of drug-likeness (QED) is 0.926. The fourth-order valence-electron chi connectivity index (χ4n) is 2.79. The van der Waals surface area contributed by atoms with Gasteiger partial charge in [0.2, 0.25) is 0 Å². The van der Waals surface area contributed by atoms with E-state index in [0.717, 1.165) is 43.0 Å². The zero-order valence-electron chi connectivity index (χ0n) is 12.1. The van der Waals surface area contributed by atoms with E-state index in [1.54, 1.807) is 0 Å². The molecule has 104 valence electrons. The second-order valence-electron chi connectivity index (χ2n) is 5.09. The van der Waals surface area contributed by atoms with E-state index in [4.69, 9.17) is 9.97 Å². The van der Waals surface area contributed by atoms with Crippen LogP contribution < -0.4 is 5.32 Å². The van der Waals surface area contributed by atoms with Crippen LogP contribution in [-0.2, 0) is 19.3 Å². The Bertz CT molecular complexity index is 622. The van der Waals surface area contributed by atoms with Crippen LogP contribution in [-0.4, -0.2) is 21.5 Å². The molecule has 0 unspecified atom stereocenters. The fraction of sp³-hybridized carbons (Fsp3) is 0.438. The number of rotatable bonds is 4. The third-order valence-electron chi connectivity index (χ3n) is 3.80. The van der Waals surface area contributed by atoms with Gasteiger partial charge < -0.3 is 5.32 Å². The molecule has 0 spiro atoms. The van der Waals surface area contributed by atoms with Gasteiger partial charge in [0.15, 0.2) is 5.82 Å². The molecule has 4 heteroatoms. The van der Waals surface area contributed by atoms with E-state index in [2.05, 4.69) is 24.1 Å². The van der Waals surface area contributed by atoms with Crippen molar-refractivity contribution >= 4 is 5.82 Å². The van der Waals surface area contributed by atoms with Crippen LogP contribution in [0.1, 0.15) is 37.1 Å². The van der Waals surface area contributed by atoms with Crippen LogP contribution in [0.2, 0.25) is 0 Å². The summed E-state index contributed by atoms with van der Waals surface area (Å²) in [6, 6.07) is 2.02. The Labute approximate surface area is 119 Å². The van der Waals surface area contributed by atoms with E-state index >= 15 is 0 Å². The molecule has 0 bridgehead atoms. The Balaban J connectivity index is 2.12. The van der Waals surface area contributed by atoms with Gasteiger partial charge in [-0.15, -0.1) is 0 Å². The topological polar surface area (TPSA) is 50.7 Å². The predicted molar refractivity (Wildman–Crippen MR) is 80.8 cm³/mol. The summed E-state index contributed by atoms with van der Waals surface area (Å²) in [7, 11) is 0. The molecule has 1 aliphatic rings. The molecular formula is C16H20N4. The molecule has 1 N–H and O–H groups in total. The summed E-state index contributed by atoms with van der Waals surface area (Å²) in [5.41, 5.74) is 4.83. The van der Waals surface area contributed by atoms with Crippen LogP contribution in [0.5, 0.6) is 0 Å². The third kappa shape index (κ3) is 2.26. The Hall–Kier alpha value is -1.97. The molecular weight excluding hydrogens is 248 g/mol. The van der Waals surface area contributed by atoms with Crippen LogP contribution in [0.4, 0.5) is 5.82 Å². The van der Waals surface area contributed by atoms with Crippen molar-refractivity contribution in [1.29, 1.82) is 0 Å². The Kier molecular flexibility index (Phi) is 3.63. The molecule has 2 heterocycles. The molecule has 20 heavy (non-hydrogen) atoms. The lowest BCUT2D eigenvalue weighted by molar-refractivity contribution is 0.899. The van der Waals surface area contributed by atoms with Crippen molar-refractivity contribution in [3.63, 3.8) is 0 Å². The summed E-state index contributed by atoms with van der Waals surface area (Å²) in [6.45, 7) is 5.13. The number of pyridine rings is 1. The van der Waals surface area contributed by atoms with E-state index in [1.165, 1.54) is 23.2 Å². The van der Waals surface area contributed by atoms with E-state index < -0.39 is 0 Å². The fourth-order valence-corrected chi connectivity index (χ4v) is 2.79. The monoisotopic (exact) mass is 268 g/mol. The maximum absolute atomic E-state index is 4.80. The highest BCUT2D eigenvalue weighted by atomic mass is 15.0. The first kappa shape index (κ1) is 13.0. The minimum atomic E-state index is 0.834. The SMILES string of the molecule is CCNc1nc(-c2ccncc2CC)nc2c1CCC2. The molecule has 0 aliphatic heterocycles. The molecule has 2 aromatic heterocycles. The first-order chi connectivity index (χ1) is 9.83. The Morgan fingerprint density at radius 3 is 2.90 bits per heavy atom. The molecule has 0 amide bonds. The number of aromatic nitrogens is 3. The molecule has 1 aliphatic carbocycles. The van der Waals surface area contributed by atoms with Crippen molar-refractivity contribution in [2.75, 3.05) is 11.9 Å². The maximum Gasteiger partial charge on any atom is 0.162 e. The number of aryl methyl sites for hydroxylation is 2. The van der Waals surface area contributed by atoms with Crippen LogP contribution in [0.25, 0.3) is 11.4 Å². The number of hydrogen-bond acceptors (Lipinski definition) is 4. The van der Waals surface area contributed by atoms with Crippen molar-refractivity contribution in [2.24, 2.45) is 0 Å². The molecule has 0 aromatic carbocycles. The Morgan fingerprint density at radius 1 is 1.20 bits per heavy atom. The summed E-state index contributed by atoms with van der Waals surface area (Å²) in [6.07, 6.45) is 8.02. The van der Waals surface area contributed by atoms with Gasteiger partial charge in [0.25, 0.3) is 0 Å². The average molecular weight is 268 g/mol. The minimum Gasteiger partial charge on any atom is -0.370 e. The van der Waals surface area contributed by atoms with E-state index in [0.29, 0.717) is 0 Å². The highest BCUT2D eigenvalue weighted by molar-refractivity contribution is 5.63. The van der Waals surface area contributed by atoms with Gasteiger partial charge in [-0.05, 0) is 44.2 Å². The number of nitrogens with one attached hydrogen (secondary N) is 1. The first-order valence-corrected chi connectivity index (χ1v) is 7.40. The first-order valence-electron chi connectivity index (χ1n) is 7.40. The van der Waals surface area contributed by atoms with Crippen LogP contribution in [0.15, 0.2) is 18.5 Å². The van der Waals surface area contributed by atoms with Crippen LogP contribution in [0.3, 0.4) is 0 Å². The zero-order valence-corrected chi connectivity index (χ0v) is 12.1. The molecule has 0 radical (unpaired) electrons. The lowest BCUT2D eigenvalue weighted by Gasteiger charge is -2.12. The van der Waals surface area contributed by atoms with Gasteiger partial charge >= 0.3 is 0 Å². The van der Waals surface area contributed by atoms with Gasteiger partial charge in [0, 0.05) is 35.8 Å². The molecule has 4 nitrogen and oxygen atoms in total. The van der Waals surface area contributed by atoms with E-state index in [1.807, 2.05) is 18.5 Å². The Morgan fingerprint density at radius 2 is 2.10 bits per heavy atom. The van der Waals surface area contributed by atoms with Crippen molar-refractivity contribution in [3.8, 4) is 11.4 Å². The molecule has 0 saturated carbocycles. The second kappa shape index (κ2) is 5.57. The summed E-state index contributed by atoms with van der Waals surface area (Å²) in [5, 5.41) is 3.39. The van der Waals surface area contributed by atoms with Crippen molar-refractivity contribution < 1.29 is 0 Å². The van der Waals surface area contributed by atoms with E-state index in [-0.39, 0.29) is 0 Å². The molecule has 3 rings (SSSR count). The largest absolute Gasteiger partial charge is 0.370 e. The lowest BCUT2D eigenvalue weighted by atomic mass is 10.1. The highest BCUT2D eigenvalue weighted by Gasteiger charge is 2.20. The molecule has 0 saturated heterocycles. The summed E-state index contributed by atoms with van der Waals surface area (Å²) in [4.78, 5) is 13.8. The number of fused-ring (bicyclic) bond motifs is 1. The van der Waals surface area contributed by atoms with Gasteiger partial charge in [-0.3, -0.25) is 4.98 Å². The molecule has 2 aromatic rings. The van der Waals surface area contributed by atoms with Gasteiger partial charge in [0.1, 0.15) is 5.82 Å². The summed E-state index contributed by atoms with van der Waals surface area (Å²) in [5.74, 6) is 1.85. The molecule has 0 atom stereocenters. The van der Waals surface area contributed by atoms with Crippen LogP contribution >= 0.6 is 0 Å². The zero-order chi connectivity index (χ0) is 13.9. The van der Waals surface area contributed by atoms with Crippen molar-refractivity contribution in [3.05, 3.63) is 35.3 Å². The van der Waals surface area contributed by atoms with Gasteiger partial charge in [0.05, 0.1) is 0 Å². The maximum atomic E-state index is 4.80. The second-order valence-corrected chi connectivity index (χ2v) is 5.09. The minimum absolute atomic E-state index is 0.834. The third-order valence-corrected chi connectivity index (χ3v) is 3.80. The summed E-state index contributed by atoms with van der Waals surface area (Å²) < 4.78 is 0. The highest BCUT2D eigenvalue weighted by Crippen LogP contribution is 2.30. The normalized spacial score (nSPS) is 13.3. The van der Waals surface area contributed by atoms with Gasteiger partial charge in [-0.1, -0.05) is 6.92 Å². The number of hydrogen-bond donors (Lipinski definition) is 1. The van der Waals surface area contributed by atoms with Gasteiger partial charge in [-0.2, -0.15) is 0 Å². The van der Waals surface area contributed by atoms with E-state index in [9.17, 15) is 0 Å². The number of nitrogens with zero attached hydrogens (tertiary/aromatic N) is 3. The average Bonchev–Trinajstić information content (AvgIpc) is 2.96. The molecule has 0 fully saturated rings.